The summed E-state index contributed by atoms with van der Waals surface area (Å²) in [7, 11) is 0. The van der Waals surface area contributed by atoms with Crippen LogP contribution in [0.15, 0.2) is 27.8 Å². The Morgan fingerprint density at radius 1 is 1.47 bits per heavy atom. The summed E-state index contributed by atoms with van der Waals surface area (Å²) in [6.45, 7) is 2.91. The average molecular weight is 250 g/mol. The maximum Gasteiger partial charge on any atom is 0.257 e. The largest absolute Gasteiger partial charge is 0.431 e. The number of aromatic nitrogens is 1. The molecule has 17 heavy (non-hydrogen) atoms. The van der Waals surface area contributed by atoms with E-state index in [4.69, 9.17) is 14.9 Å². The van der Waals surface area contributed by atoms with Gasteiger partial charge in [-0.3, -0.25) is 0 Å². The van der Waals surface area contributed by atoms with Gasteiger partial charge in [0, 0.05) is 17.5 Å². The normalized spacial score (nSPS) is 24.5. The van der Waals surface area contributed by atoms with Gasteiger partial charge < -0.3 is 14.9 Å². The molecule has 1 aromatic heterocycles. The Hall–Kier alpha value is -1.20. The molecular formula is C12H14N2O2S. The minimum Gasteiger partial charge on any atom is -0.431 e. The molecule has 0 bridgehead atoms. The van der Waals surface area contributed by atoms with E-state index in [9.17, 15) is 0 Å². The first kappa shape index (κ1) is 10.9. The number of hydrogen-bond acceptors (Lipinski definition) is 5. The molecule has 2 unspecified atom stereocenters. The fourth-order valence-electron chi connectivity index (χ4n) is 1.97. The van der Waals surface area contributed by atoms with Crippen LogP contribution < -0.4 is 5.73 Å². The Morgan fingerprint density at radius 3 is 3.12 bits per heavy atom. The van der Waals surface area contributed by atoms with Crippen molar-refractivity contribution >= 4 is 28.5 Å². The second kappa shape index (κ2) is 4.23. The molecule has 4 nitrogen and oxygen atoms in total. The highest BCUT2D eigenvalue weighted by molar-refractivity contribution is 7.99. The summed E-state index contributed by atoms with van der Waals surface area (Å²) in [5, 5.41) is 1.13. The molecule has 90 valence electrons. The van der Waals surface area contributed by atoms with Crippen LogP contribution in [0.25, 0.3) is 11.1 Å². The Morgan fingerprint density at radius 2 is 2.35 bits per heavy atom. The summed E-state index contributed by atoms with van der Waals surface area (Å²) in [4.78, 5) is 4.43. The van der Waals surface area contributed by atoms with Crippen molar-refractivity contribution in [2.24, 2.45) is 0 Å². The zero-order chi connectivity index (χ0) is 11.8. The lowest BCUT2D eigenvalue weighted by Gasteiger charge is -2.09. The summed E-state index contributed by atoms with van der Waals surface area (Å²) >= 11 is 1.65. The molecule has 2 heterocycles. The number of nitrogens with two attached hydrogens (primary N) is 1. The molecule has 0 aliphatic carbocycles. The molecule has 1 aliphatic heterocycles. The van der Waals surface area contributed by atoms with Crippen LogP contribution in [0.2, 0.25) is 0 Å². The number of benzene rings is 1. The van der Waals surface area contributed by atoms with Crippen LogP contribution in [0.1, 0.15) is 13.3 Å². The van der Waals surface area contributed by atoms with E-state index in [1.54, 1.807) is 11.8 Å². The third-order valence-electron chi connectivity index (χ3n) is 2.95. The highest BCUT2D eigenvalue weighted by Crippen LogP contribution is 2.33. The predicted molar refractivity (Wildman–Crippen MR) is 68.1 cm³/mol. The van der Waals surface area contributed by atoms with Crippen LogP contribution in [0.4, 0.5) is 5.69 Å². The molecule has 0 amide bonds. The number of thioether (sulfide) groups is 1. The van der Waals surface area contributed by atoms with Gasteiger partial charge in [0.15, 0.2) is 5.58 Å². The summed E-state index contributed by atoms with van der Waals surface area (Å²) in [6, 6.07) is 5.51. The maximum atomic E-state index is 5.71. The Kier molecular flexibility index (Phi) is 2.72. The lowest BCUT2D eigenvalue weighted by Crippen LogP contribution is -2.12. The van der Waals surface area contributed by atoms with Gasteiger partial charge in [0.25, 0.3) is 5.22 Å². The number of nitrogens with zero attached hydrogens (tertiary/aromatic N) is 1. The van der Waals surface area contributed by atoms with Crippen molar-refractivity contribution in [3.63, 3.8) is 0 Å². The number of ether oxygens (including phenoxy) is 1. The van der Waals surface area contributed by atoms with Crippen LogP contribution in [0.3, 0.4) is 0 Å². The van der Waals surface area contributed by atoms with Gasteiger partial charge in [0.05, 0.1) is 6.10 Å². The number of rotatable bonds is 2. The van der Waals surface area contributed by atoms with Crippen molar-refractivity contribution in [1.29, 1.82) is 0 Å². The van der Waals surface area contributed by atoms with E-state index in [-0.39, 0.29) is 6.10 Å². The molecule has 2 aromatic rings. The van der Waals surface area contributed by atoms with Crippen LogP contribution in [0, 0.1) is 0 Å². The maximum absolute atomic E-state index is 5.71. The average Bonchev–Trinajstić information content (AvgIpc) is 2.85. The first-order valence-corrected chi connectivity index (χ1v) is 6.54. The van der Waals surface area contributed by atoms with E-state index in [2.05, 4.69) is 11.9 Å². The van der Waals surface area contributed by atoms with Crippen molar-refractivity contribution in [3.05, 3.63) is 18.2 Å². The molecule has 0 spiro atoms. The highest BCUT2D eigenvalue weighted by atomic mass is 32.2. The lowest BCUT2D eigenvalue weighted by molar-refractivity contribution is 0.127. The molecule has 3 rings (SSSR count). The molecule has 5 heteroatoms. The van der Waals surface area contributed by atoms with Crippen molar-refractivity contribution in [1.82, 2.24) is 4.98 Å². The second-order valence-corrected chi connectivity index (χ2v) is 5.42. The van der Waals surface area contributed by atoms with Crippen molar-refractivity contribution < 1.29 is 9.15 Å². The Labute approximate surface area is 104 Å². The summed E-state index contributed by atoms with van der Waals surface area (Å²) in [5.74, 6) is 0. The molecule has 0 radical (unpaired) electrons. The van der Waals surface area contributed by atoms with E-state index in [1.165, 1.54) is 0 Å². The Bertz CT molecular complexity index is 540. The smallest absolute Gasteiger partial charge is 0.257 e. The standard InChI is InChI=1S/C12H14N2O2S/c1-7-11(4-5-15-7)17-12-14-9-6-8(13)2-3-10(9)16-12/h2-3,6-7,11H,4-5,13H2,1H3. The SMILES string of the molecule is CC1OCCC1Sc1nc2cc(N)ccc2o1. The molecule has 1 aromatic carbocycles. The fraction of sp³-hybridized carbons (Fsp3) is 0.417. The van der Waals surface area contributed by atoms with E-state index in [1.807, 2.05) is 18.2 Å². The summed E-state index contributed by atoms with van der Waals surface area (Å²) in [6.07, 6.45) is 1.31. The van der Waals surface area contributed by atoms with Gasteiger partial charge in [0.1, 0.15) is 5.52 Å². The van der Waals surface area contributed by atoms with Crippen LogP contribution >= 0.6 is 11.8 Å². The van der Waals surface area contributed by atoms with Crippen molar-refractivity contribution in [3.8, 4) is 0 Å². The molecule has 0 saturated carbocycles. The van der Waals surface area contributed by atoms with Crippen LogP contribution in [0.5, 0.6) is 0 Å². The first-order chi connectivity index (χ1) is 8.22. The molecular weight excluding hydrogens is 236 g/mol. The van der Waals surface area contributed by atoms with Gasteiger partial charge >= 0.3 is 0 Å². The highest BCUT2D eigenvalue weighted by Gasteiger charge is 2.27. The lowest BCUT2D eigenvalue weighted by atomic mass is 10.3. The van der Waals surface area contributed by atoms with E-state index >= 15 is 0 Å². The molecule has 1 fully saturated rings. The number of oxazole rings is 1. The topological polar surface area (TPSA) is 61.3 Å². The van der Waals surface area contributed by atoms with Gasteiger partial charge in [-0.25, -0.2) is 4.98 Å². The van der Waals surface area contributed by atoms with E-state index in [0.717, 1.165) is 24.1 Å². The minimum atomic E-state index is 0.264. The van der Waals surface area contributed by atoms with E-state index in [0.29, 0.717) is 16.2 Å². The van der Waals surface area contributed by atoms with Gasteiger partial charge in [0.2, 0.25) is 0 Å². The fourth-order valence-corrected chi connectivity index (χ4v) is 3.00. The zero-order valence-corrected chi connectivity index (χ0v) is 10.4. The van der Waals surface area contributed by atoms with Gasteiger partial charge in [-0.05, 0) is 31.5 Å². The number of anilines is 1. The van der Waals surface area contributed by atoms with Gasteiger partial charge in [-0.1, -0.05) is 11.8 Å². The monoisotopic (exact) mass is 250 g/mol. The second-order valence-electron chi connectivity index (χ2n) is 4.23. The van der Waals surface area contributed by atoms with Crippen molar-refractivity contribution in [2.75, 3.05) is 12.3 Å². The summed E-state index contributed by atoms with van der Waals surface area (Å²) < 4.78 is 11.2. The van der Waals surface area contributed by atoms with Crippen molar-refractivity contribution in [2.45, 2.75) is 29.9 Å². The van der Waals surface area contributed by atoms with E-state index < -0.39 is 0 Å². The molecule has 1 saturated heterocycles. The number of nitrogen functional groups attached to an aromatic ring is 1. The number of hydrogen-bond donors (Lipinski definition) is 1. The predicted octanol–water partition coefficient (Wildman–Crippen LogP) is 2.68. The molecule has 2 atom stereocenters. The first-order valence-electron chi connectivity index (χ1n) is 5.67. The minimum absolute atomic E-state index is 0.264. The Balaban J connectivity index is 1.85. The van der Waals surface area contributed by atoms with Crippen LogP contribution in [-0.4, -0.2) is 22.9 Å². The molecule has 1 aliphatic rings. The van der Waals surface area contributed by atoms with Crippen LogP contribution in [-0.2, 0) is 4.74 Å². The number of fused-ring (bicyclic) bond motifs is 1. The quantitative estimate of drug-likeness (QED) is 0.830. The third-order valence-corrected chi connectivity index (χ3v) is 4.25. The summed E-state index contributed by atoms with van der Waals surface area (Å²) in [5.41, 5.74) is 8.02. The molecule has 2 N–H and O–H groups in total. The zero-order valence-electron chi connectivity index (χ0n) is 9.55. The van der Waals surface area contributed by atoms with Gasteiger partial charge in [-0.15, -0.1) is 0 Å². The third kappa shape index (κ3) is 2.12. The van der Waals surface area contributed by atoms with Gasteiger partial charge in [-0.2, -0.15) is 0 Å².